The molecule has 0 aromatic rings. The van der Waals surface area contributed by atoms with Gasteiger partial charge in [-0.15, -0.1) is 0 Å². The van der Waals surface area contributed by atoms with Gasteiger partial charge in [0.1, 0.15) is 22.4 Å². The third kappa shape index (κ3) is 18.1. The lowest BCUT2D eigenvalue weighted by molar-refractivity contribution is -0.210. The van der Waals surface area contributed by atoms with Gasteiger partial charge in [0.05, 0.1) is 50.7 Å². The van der Waals surface area contributed by atoms with Crippen molar-refractivity contribution >= 4 is 23.9 Å². The first-order valence-corrected chi connectivity index (χ1v) is 28.1. The van der Waals surface area contributed by atoms with Crippen LogP contribution in [0.25, 0.3) is 0 Å². The Balaban J connectivity index is 1.23. The van der Waals surface area contributed by atoms with Crippen LogP contribution < -0.4 is 0 Å². The minimum atomic E-state index is -0.807. The largest absolute Gasteiger partial charge is 0.460 e. The second kappa shape index (κ2) is 24.9. The summed E-state index contributed by atoms with van der Waals surface area (Å²) in [7, 11) is 0. The van der Waals surface area contributed by atoms with Crippen LogP contribution in [-0.4, -0.2) is 191 Å². The molecule has 4 saturated carbocycles. The minimum Gasteiger partial charge on any atom is -0.460 e. The van der Waals surface area contributed by atoms with Gasteiger partial charge in [0.2, 0.25) is 0 Å². The molecule has 0 radical (unpaired) electrons. The van der Waals surface area contributed by atoms with E-state index in [4.69, 9.17) is 23.7 Å². The average Bonchev–Trinajstić information content (AvgIpc) is 3.59. The molecule has 5 rings (SSSR count). The third-order valence-electron chi connectivity index (χ3n) is 17.0. The Morgan fingerprint density at radius 2 is 1.03 bits per heavy atom. The van der Waals surface area contributed by atoms with Crippen molar-refractivity contribution in [1.82, 2.24) is 19.6 Å². The molecule has 0 spiro atoms. The van der Waals surface area contributed by atoms with Gasteiger partial charge >= 0.3 is 23.9 Å². The van der Waals surface area contributed by atoms with E-state index in [1.165, 1.54) is 0 Å². The highest BCUT2D eigenvalue weighted by atomic mass is 16.6. The molecule has 16 nitrogen and oxygen atoms in total. The number of β-amino-alcohol motifs (C(OH)–C–C–N with tert-alkyl or cyclic N) is 1. The molecule has 1 heterocycles. The van der Waals surface area contributed by atoms with Crippen LogP contribution in [0.4, 0.5) is 0 Å². The van der Waals surface area contributed by atoms with Crippen molar-refractivity contribution in [3.8, 4) is 0 Å². The van der Waals surface area contributed by atoms with Crippen molar-refractivity contribution in [1.29, 1.82) is 0 Å². The fourth-order valence-electron chi connectivity index (χ4n) is 13.7. The number of ether oxygens (including phenoxy) is 5. The van der Waals surface area contributed by atoms with Gasteiger partial charge in [0.15, 0.2) is 0 Å². The Morgan fingerprint density at radius 3 is 1.48 bits per heavy atom. The topological polar surface area (TPSA) is 188 Å². The quantitative estimate of drug-likeness (QED) is 0.122. The molecule has 16 heteroatoms. The Bertz CT molecular complexity index is 1780. The molecule has 3 N–H and O–H groups in total. The summed E-state index contributed by atoms with van der Waals surface area (Å²) in [5, 5.41) is 36.0. The number of fused-ring (bicyclic) bond motifs is 5. The summed E-state index contributed by atoms with van der Waals surface area (Å²) >= 11 is 0. The van der Waals surface area contributed by atoms with Crippen LogP contribution in [0.3, 0.4) is 0 Å². The first-order valence-electron chi connectivity index (χ1n) is 28.1. The lowest BCUT2D eigenvalue weighted by atomic mass is 9.43. The second-order valence-corrected chi connectivity index (χ2v) is 27.5. The van der Waals surface area contributed by atoms with Gasteiger partial charge in [-0.1, -0.05) is 20.8 Å². The van der Waals surface area contributed by atoms with E-state index in [2.05, 4.69) is 25.7 Å². The Kier molecular flexibility index (Phi) is 21.0. The fraction of sp³-hybridized carbons (Fsp3) is 0.930. The normalized spacial score (nSPS) is 32.7. The van der Waals surface area contributed by atoms with Crippen molar-refractivity contribution < 1.29 is 58.2 Å². The Morgan fingerprint density at radius 1 is 0.589 bits per heavy atom. The Hall–Kier alpha value is -2.44. The highest BCUT2D eigenvalue weighted by molar-refractivity contribution is 5.73. The van der Waals surface area contributed by atoms with Gasteiger partial charge in [0, 0.05) is 65.3 Å². The smallest absolute Gasteiger partial charge is 0.320 e. The highest BCUT2D eigenvalue weighted by Gasteiger charge is 2.66. The van der Waals surface area contributed by atoms with Crippen molar-refractivity contribution in [3.63, 3.8) is 0 Å². The van der Waals surface area contributed by atoms with Crippen molar-refractivity contribution in [2.45, 2.75) is 208 Å². The molecule has 1 aliphatic heterocycles. The SMILES string of the molecule is C[C@H](CCC(=O)OC(C)(C)C)[C@H]1CC[C@H]2[C@@H]3[C@H](O)C[C@@H]4C[C@H](OCC(O)CN5CCN(CC(=O)OC(C)(C)C)CCN(CC(=O)OC(C)(C)C)CCN(CC(=O)OC(C)(C)C)CC5)CC[C@]4(C)[C@H]3C[C@H](O)[C@]12C. The van der Waals surface area contributed by atoms with Crippen molar-refractivity contribution in [3.05, 3.63) is 0 Å². The maximum absolute atomic E-state index is 13.2. The minimum absolute atomic E-state index is 0.0480. The zero-order valence-electron chi connectivity index (χ0n) is 48.1. The molecule has 0 aromatic heterocycles. The summed E-state index contributed by atoms with van der Waals surface area (Å²) in [5.74, 6) is 0.0697. The van der Waals surface area contributed by atoms with Crippen molar-refractivity contribution in [2.75, 3.05) is 85.1 Å². The molecule has 12 atom stereocenters. The predicted octanol–water partition coefficient (Wildman–Crippen LogP) is 6.34. The molecule has 4 aliphatic carbocycles. The number of aliphatic hydroxyl groups excluding tert-OH is 3. The summed E-state index contributed by atoms with van der Waals surface area (Å²) in [5.41, 5.74) is -2.84. The van der Waals surface area contributed by atoms with E-state index in [0.717, 1.165) is 38.5 Å². The number of aliphatic hydroxyl groups is 3. The van der Waals surface area contributed by atoms with Gasteiger partial charge in [0.25, 0.3) is 0 Å². The van der Waals surface area contributed by atoms with E-state index < -0.39 is 40.7 Å². The van der Waals surface area contributed by atoms with Crippen LogP contribution in [0.5, 0.6) is 0 Å². The summed E-state index contributed by atoms with van der Waals surface area (Å²) in [6.07, 6.45) is 5.17. The van der Waals surface area contributed by atoms with Crippen LogP contribution in [0.15, 0.2) is 0 Å². The molecule has 5 fully saturated rings. The molecule has 1 unspecified atom stereocenters. The van der Waals surface area contributed by atoms with Crippen LogP contribution in [0.2, 0.25) is 0 Å². The molecule has 0 bridgehead atoms. The number of carbonyl (C=O) groups excluding carboxylic acids is 4. The molecule has 5 aliphatic rings. The van der Waals surface area contributed by atoms with E-state index in [0.29, 0.717) is 78.2 Å². The summed E-state index contributed by atoms with van der Waals surface area (Å²) < 4.78 is 29.4. The maximum atomic E-state index is 13.2. The van der Waals surface area contributed by atoms with Crippen LogP contribution in [-0.2, 0) is 42.9 Å². The lowest BCUT2D eigenvalue weighted by Gasteiger charge is -2.63. The number of esters is 4. The zero-order valence-corrected chi connectivity index (χ0v) is 48.1. The number of hydrogen-bond donors (Lipinski definition) is 3. The molecule has 0 amide bonds. The average molecular weight is 1040 g/mol. The third-order valence-corrected chi connectivity index (χ3v) is 17.0. The van der Waals surface area contributed by atoms with Crippen LogP contribution >= 0.6 is 0 Å². The zero-order chi connectivity index (χ0) is 54.5. The second-order valence-electron chi connectivity index (χ2n) is 27.5. The van der Waals surface area contributed by atoms with Gasteiger partial charge in [-0.2, -0.15) is 0 Å². The molecule has 1 saturated heterocycles. The van der Waals surface area contributed by atoms with E-state index in [1.807, 2.05) is 97.8 Å². The van der Waals surface area contributed by atoms with Gasteiger partial charge in [-0.25, -0.2) is 0 Å². The monoisotopic (exact) mass is 1030 g/mol. The first-order chi connectivity index (χ1) is 33.6. The summed E-state index contributed by atoms with van der Waals surface area (Å²) in [6.45, 7) is 33.7. The number of carbonyl (C=O) groups is 4. The van der Waals surface area contributed by atoms with Crippen molar-refractivity contribution in [2.24, 2.45) is 46.3 Å². The van der Waals surface area contributed by atoms with Gasteiger partial charge < -0.3 is 39.0 Å². The van der Waals surface area contributed by atoms with Gasteiger partial charge in [-0.05, 0) is 181 Å². The van der Waals surface area contributed by atoms with E-state index >= 15 is 0 Å². The fourth-order valence-corrected chi connectivity index (χ4v) is 13.7. The number of hydrogen-bond acceptors (Lipinski definition) is 16. The Labute approximate surface area is 440 Å². The molecule has 422 valence electrons. The van der Waals surface area contributed by atoms with E-state index in [-0.39, 0.29) is 103 Å². The lowest BCUT2D eigenvalue weighted by Crippen LogP contribution is -2.62. The number of nitrogens with zero attached hydrogens (tertiary/aromatic N) is 4. The predicted molar refractivity (Wildman–Crippen MR) is 281 cm³/mol. The molecular weight excluding hydrogens is 933 g/mol. The van der Waals surface area contributed by atoms with E-state index in [9.17, 15) is 34.5 Å². The summed E-state index contributed by atoms with van der Waals surface area (Å²) in [6, 6.07) is 0. The van der Waals surface area contributed by atoms with Crippen LogP contribution in [0, 0.1) is 46.3 Å². The highest BCUT2D eigenvalue weighted by Crippen LogP contribution is 2.68. The van der Waals surface area contributed by atoms with Gasteiger partial charge in [-0.3, -0.25) is 38.8 Å². The summed E-state index contributed by atoms with van der Waals surface area (Å²) in [4.78, 5) is 60.5. The van der Waals surface area contributed by atoms with Crippen LogP contribution in [0.1, 0.15) is 162 Å². The van der Waals surface area contributed by atoms with E-state index in [1.54, 1.807) is 0 Å². The number of rotatable bonds is 15. The molecular formula is C57H102N4O12. The standard InChI is InChI=1S/C57H102N4O12/c1-38(16-19-47(65)70-52(2,3)4)42-17-18-43-51-44(32-46(64)57(42,43)15)56(14)21-20-41(30-39(56)31-45(51)63)69-37-40(62)33-58-22-24-59(34-48(66)71-53(5,6)7)26-28-61(36-50(68)73-55(11,12)13)29-27-60(25-23-58)35-49(67)72-54(8,9)10/h38-46,51,62-64H,16-37H2,1-15H3/t38-,39+,40?,41-,42-,43+,44+,45-,46+,51+,56+,57-/m1/s1. The molecule has 73 heavy (non-hydrogen) atoms. The maximum Gasteiger partial charge on any atom is 0.320 e. The molecule has 0 aromatic carbocycles. The first kappa shape index (κ1) is 61.4.